The number of halogens is 2. The molecule has 2 aromatic carbocycles. The molecule has 0 spiro atoms. The first-order valence-corrected chi connectivity index (χ1v) is 9.68. The van der Waals surface area contributed by atoms with E-state index in [-0.39, 0.29) is 35.7 Å². The van der Waals surface area contributed by atoms with Gasteiger partial charge in [0.05, 0.1) is 14.2 Å². The maximum Gasteiger partial charge on any atom is 0.251 e. The molecule has 2 rings (SSSR count). The molecular formula is C22H30FIN4O3. The molecule has 0 aliphatic carbocycles. The predicted molar refractivity (Wildman–Crippen MR) is 131 cm³/mol. The van der Waals surface area contributed by atoms with Crippen molar-refractivity contribution in [3.05, 3.63) is 58.9 Å². The Balaban J connectivity index is 0.00000480. The summed E-state index contributed by atoms with van der Waals surface area (Å²) in [6, 6.07) is 10.3. The third-order valence-corrected chi connectivity index (χ3v) is 4.51. The molecule has 0 heterocycles. The molecule has 3 N–H and O–H groups in total. The standard InChI is InChI=1S/C22H29FN4O3.HI/c1-15-5-7-17(14-18(15)23)21(28)25-11-12-27-22(24-2)26-10-9-16-6-8-19(29-3)20(13-16)30-4;/h5-8,13-14H,9-12H2,1-4H3,(H,25,28)(H2,24,26,27);1H. The molecule has 31 heavy (non-hydrogen) atoms. The van der Waals surface area contributed by atoms with Crippen LogP contribution in [-0.4, -0.2) is 52.8 Å². The van der Waals surface area contributed by atoms with Gasteiger partial charge in [0.2, 0.25) is 0 Å². The van der Waals surface area contributed by atoms with Crippen molar-refractivity contribution >= 4 is 35.8 Å². The summed E-state index contributed by atoms with van der Waals surface area (Å²) in [7, 11) is 4.90. The zero-order valence-corrected chi connectivity index (χ0v) is 20.6. The number of methoxy groups -OCH3 is 2. The maximum absolute atomic E-state index is 13.6. The Labute approximate surface area is 199 Å². The quantitative estimate of drug-likeness (QED) is 0.196. The molecule has 0 aliphatic heterocycles. The van der Waals surface area contributed by atoms with Gasteiger partial charge in [-0.15, -0.1) is 24.0 Å². The van der Waals surface area contributed by atoms with Crippen LogP contribution in [0.1, 0.15) is 21.5 Å². The van der Waals surface area contributed by atoms with E-state index in [0.29, 0.717) is 48.2 Å². The molecule has 0 bridgehead atoms. The number of ether oxygens (including phenoxy) is 2. The van der Waals surface area contributed by atoms with Crippen LogP contribution in [0.4, 0.5) is 4.39 Å². The zero-order valence-electron chi connectivity index (χ0n) is 18.3. The van der Waals surface area contributed by atoms with Crippen LogP contribution < -0.4 is 25.4 Å². The number of rotatable bonds is 9. The second-order valence-corrected chi connectivity index (χ2v) is 6.58. The molecule has 0 unspecified atom stereocenters. The van der Waals surface area contributed by atoms with Gasteiger partial charge in [-0.05, 0) is 48.7 Å². The fourth-order valence-electron chi connectivity index (χ4n) is 2.78. The first kappa shape index (κ1) is 26.5. The Morgan fingerprint density at radius 3 is 2.29 bits per heavy atom. The van der Waals surface area contributed by atoms with Gasteiger partial charge in [-0.3, -0.25) is 9.79 Å². The molecule has 0 saturated heterocycles. The van der Waals surface area contributed by atoms with Crippen molar-refractivity contribution in [1.29, 1.82) is 0 Å². The maximum atomic E-state index is 13.6. The number of guanidine groups is 1. The van der Waals surface area contributed by atoms with E-state index in [2.05, 4.69) is 20.9 Å². The van der Waals surface area contributed by atoms with E-state index >= 15 is 0 Å². The van der Waals surface area contributed by atoms with Gasteiger partial charge in [0, 0.05) is 32.2 Å². The minimum atomic E-state index is -0.389. The van der Waals surface area contributed by atoms with Gasteiger partial charge in [0.25, 0.3) is 5.91 Å². The molecule has 0 radical (unpaired) electrons. The first-order chi connectivity index (χ1) is 14.5. The van der Waals surface area contributed by atoms with Crippen LogP contribution in [0.25, 0.3) is 0 Å². The smallest absolute Gasteiger partial charge is 0.251 e. The van der Waals surface area contributed by atoms with Crippen LogP contribution in [-0.2, 0) is 6.42 Å². The summed E-state index contributed by atoms with van der Waals surface area (Å²) in [6.07, 6.45) is 0.775. The van der Waals surface area contributed by atoms with Crippen molar-refractivity contribution in [3.63, 3.8) is 0 Å². The summed E-state index contributed by atoms with van der Waals surface area (Å²) in [5.41, 5.74) is 1.92. The second-order valence-electron chi connectivity index (χ2n) is 6.58. The highest BCUT2D eigenvalue weighted by molar-refractivity contribution is 14.0. The van der Waals surface area contributed by atoms with Gasteiger partial charge in [0.15, 0.2) is 17.5 Å². The molecule has 7 nitrogen and oxygen atoms in total. The monoisotopic (exact) mass is 544 g/mol. The van der Waals surface area contributed by atoms with E-state index < -0.39 is 0 Å². The lowest BCUT2D eigenvalue weighted by Crippen LogP contribution is -2.42. The summed E-state index contributed by atoms with van der Waals surface area (Å²) in [5, 5.41) is 9.11. The number of aryl methyl sites for hydroxylation is 1. The fourth-order valence-corrected chi connectivity index (χ4v) is 2.78. The summed E-state index contributed by atoms with van der Waals surface area (Å²) >= 11 is 0. The molecule has 2 aromatic rings. The number of carbonyl (C=O) groups excluding carboxylic acids is 1. The van der Waals surface area contributed by atoms with Crippen LogP contribution in [0, 0.1) is 12.7 Å². The second kappa shape index (κ2) is 13.7. The average Bonchev–Trinajstić information content (AvgIpc) is 2.76. The number of amides is 1. The number of hydrogen-bond donors (Lipinski definition) is 3. The zero-order chi connectivity index (χ0) is 21.9. The summed E-state index contributed by atoms with van der Waals surface area (Å²) in [6.45, 7) is 3.19. The van der Waals surface area contributed by atoms with E-state index in [4.69, 9.17) is 9.47 Å². The lowest BCUT2D eigenvalue weighted by atomic mass is 10.1. The van der Waals surface area contributed by atoms with E-state index in [0.717, 1.165) is 12.0 Å². The number of nitrogens with zero attached hydrogens (tertiary/aromatic N) is 1. The van der Waals surface area contributed by atoms with E-state index in [1.807, 2.05) is 18.2 Å². The van der Waals surface area contributed by atoms with Crippen molar-refractivity contribution in [2.24, 2.45) is 4.99 Å². The molecule has 0 fully saturated rings. The molecule has 0 aliphatic rings. The van der Waals surface area contributed by atoms with Crippen LogP contribution in [0.15, 0.2) is 41.4 Å². The van der Waals surface area contributed by atoms with Crippen LogP contribution in [0.5, 0.6) is 11.5 Å². The third kappa shape index (κ3) is 8.23. The Morgan fingerprint density at radius 1 is 0.968 bits per heavy atom. The van der Waals surface area contributed by atoms with Crippen molar-refractivity contribution in [2.75, 3.05) is 40.9 Å². The van der Waals surface area contributed by atoms with Crippen LogP contribution >= 0.6 is 24.0 Å². The highest BCUT2D eigenvalue weighted by Gasteiger charge is 2.08. The highest BCUT2D eigenvalue weighted by Crippen LogP contribution is 2.27. The van der Waals surface area contributed by atoms with Gasteiger partial charge in [0.1, 0.15) is 5.82 Å². The Bertz CT molecular complexity index is 893. The lowest BCUT2D eigenvalue weighted by molar-refractivity contribution is 0.0954. The normalized spacial score (nSPS) is 10.7. The molecule has 1 amide bonds. The minimum absolute atomic E-state index is 0. The largest absolute Gasteiger partial charge is 0.493 e. The van der Waals surface area contributed by atoms with E-state index in [9.17, 15) is 9.18 Å². The van der Waals surface area contributed by atoms with Gasteiger partial charge < -0.3 is 25.4 Å². The topological polar surface area (TPSA) is 84.0 Å². The summed E-state index contributed by atoms with van der Waals surface area (Å²) in [5.74, 6) is 1.32. The predicted octanol–water partition coefficient (Wildman–Crippen LogP) is 2.91. The third-order valence-electron chi connectivity index (χ3n) is 4.51. The lowest BCUT2D eigenvalue weighted by Gasteiger charge is -2.13. The Morgan fingerprint density at radius 2 is 1.65 bits per heavy atom. The van der Waals surface area contributed by atoms with E-state index in [1.54, 1.807) is 40.3 Å². The molecule has 0 aromatic heterocycles. The molecule has 0 atom stereocenters. The Kier molecular flexibility index (Phi) is 11.7. The van der Waals surface area contributed by atoms with Crippen LogP contribution in [0.2, 0.25) is 0 Å². The van der Waals surface area contributed by atoms with E-state index in [1.165, 1.54) is 6.07 Å². The van der Waals surface area contributed by atoms with Gasteiger partial charge in [-0.25, -0.2) is 4.39 Å². The first-order valence-electron chi connectivity index (χ1n) is 9.68. The van der Waals surface area contributed by atoms with Crippen molar-refractivity contribution in [3.8, 4) is 11.5 Å². The summed E-state index contributed by atoms with van der Waals surface area (Å²) in [4.78, 5) is 16.2. The minimum Gasteiger partial charge on any atom is -0.493 e. The van der Waals surface area contributed by atoms with Gasteiger partial charge in [-0.1, -0.05) is 12.1 Å². The van der Waals surface area contributed by atoms with Crippen molar-refractivity contribution < 1.29 is 18.7 Å². The van der Waals surface area contributed by atoms with Gasteiger partial charge >= 0.3 is 0 Å². The number of benzene rings is 2. The fraction of sp³-hybridized carbons (Fsp3) is 0.364. The summed E-state index contributed by atoms with van der Waals surface area (Å²) < 4.78 is 24.1. The van der Waals surface area contributed by atoms with Crippen LogP contribution in [0.3, 0.4) is 0 Å². The number of aliphatic imine (C=N–C) groups is 1. The van der Waals surface area contributed by atoms with Gasteiger partial charge in [-0.2, -0.15) is 0 Å². The van der Waals surface area contributed by atoms with Crippen molar-refractivity contribution in [2.45, 2.75) is 13.3 Å². The van der Waals surface area contributed by atoms with Crippen molar-refractivity contribution in [1.82, 2.24) is 16.0 Å². The number of carbonyl (C=O) groups is 1. The number of nitrogens with one attached hydrogen (secondary N) is 3. The Hall–Kier alpha value is -2.56. The highest BCUT2D eigenvalue weighted by atomic mass is 127. The SMILES string of the molecule is CN=C(NCCNC(=O)c1ccc(C)c(F)c1)NCCc1ccc(OC)c(OC)c1.I. The average molecular weight is 544 g/mol. The molecular weight excluding hydrogens is 514 g/mol. The molecule has 9 heteroatoms. The molecule has 170 valence electrons. The molecule has 0 saturated carbocycles. The number of hydrogen-bond acceptors (Lipinski definition) is 4.